The number of nitrogens with zero attached hydrogens (tertiary/aromatic N) is 5. The van der Waals surface area contributed by atoms with E-state index < -0.39 is 75.9 Å². The van der Waals surface area contributed by atoms with Gasteiger partial charge in [0.05, 0.1) is 24.5 Å². The molecular weight excluding hydrogens is 945 g/mol. The number of aliphatic hydroxyl groups excluding tert-OH is 1. The Morgan fingerprint density at radius 1 is 0.986 bits per heavy atom. The second-order valence-electron chi connectivity index (χ2n) is 21.5. The van der Waals surface area contributed by atoms with E-state index in [9.17, 15) is 37.8 Å². The standard InChI is InChI=1S/C53H86N6O12S/c1-13-14-15-18-35(5)42(55-72(12,66)67)31-41-23-21-39(9)53(65,71-41)50(62)51(63)58-26-17-16-19-44(58)52(64)70-45(36(6)29-40-22-24-43(46(30-40)68-10)59-32-54-56-57-59)25-20-34(4)28-38(8)48(61)49(69-11)47(60)37(7)27-33(2)3/h13-15,18,28,32-34,36-37,39-46,48-49,55,61,65H,1,16-17,19-27,29-31H2,2-12H3/b15-14+,35-18+,38-28+/t34-,36+,37+,39+,40-,41-,42-,43-,44-,45-,46+,48+,49-,53+/m0/s1. The number of Topliss-reactive ketones (excluding diaryl/α,β-unsaturated/α-hetero) is 2. The molecule has 4 rings (SSSR count). The van der Waals surface area contributed by atoms with Crippen LogP contribution in [0, 0.1) is 35.5 Å². The maximum atomic E-state index is 14.6. The van der Waals surface area contributed by atoms with E-state index in [1.54, 1.807) is 63.2 Å². The first kappa shape index (κ1) is 60.6. The predicted octanol–water partition coefficient (Wildman–Crippen LogP) is 6.41. The van der Waals surface area contributed by atoms with Gasteiger partial charge in [0.15, 0.2) is 5.78 Å². The van der Waals surface area contributed by atoms with Crippen molar-refractivity contribution in [3.8, 4) is 0 Å². The van der Waals surface area contributed by atoms with Gasteiger partial charge in [0.25, 0.3) is 11.7 Å². The molecule has 0 spiro atoms. The van der Waals surface area contributed by atoms with E-state index in [-0.39, 0.29) is 61.0 Å². The lowest BCUT2D eigenvalue weighted by molar-refractivity contribution is -0.264. The van der Waals surface area contributed by atoms with Crippen molar-refractivity contribution in [3.63, 3.8) is 0 Å². The number of esters is 1. The first-order valence-corrected chi connectivity index (χ1v) is 27.9. The molecule has 0 radical (unpaired) electrons. The molecule has 1 aromatic rings. The van der Waals surface area contributed by atoms with E-state index in [4.69, 9.17) is 18.9 Å². The number of nitrogens with one attached hydrogen (secondary N) is 1. The molecule has 72 heavy (non-hydrogen) atoms. The Kier molecular flexibility index (Phi) is 23.6. The molecule has 406 valence electrons. The minimum absolute atomic E-state index is 0.0171. The van der Waals surface area contributed by atoms with Crippen molar-refractivity contribution in [1.82, 2.24) is 29.8 Å². The number of ketones is 2. The monoisotopic (exact) mass is 1030 g/mol. The zero-order chi connectivity index (χ0) is 53.5. The number of ether oxygens (including phenoxy) is 4. The van der Waals surface area contributed by atoms with Crippen LogP contribution in [0.2, 0.25) is 0 Å². The largest absolute Gasteiger partial charge is 0.461 e. The number of carbonyl (C=O) groups excluding carboxylic acids is 4. The maximum Gasteiger partial charge on any atom is 0.329 e. The number of methoxy groups -OCH3 is 2. The lowest BCUT2D eigenvalue weighted by atomic mass is 9.77. The number of aromatic nitrogens is 4. The van der Waals surface area contributed by atoms with Crippen LogP contribution in [0.25, 0.3) is 0 Å². The highest BCUT2D eigenvalue weighted by Gasteiger charge is 2.53. The number of likely N-dealkylation sites (tertiary alicyclic amines) is 1. The number of rotatable bonds is 27. The molecule has 3 heterocycles. The van der Waals surface area contributed by atoms with Crippen molar-refractivity contribution in [2.24, 2.45) is 35.5 Å². The molecule has 19 heteroatoms. The Balaban J connectivity index is 1.55. The molecule has 3 aliphatic rings. The zero-order valence-corrected chi connectivity index (χ0v) is 45.6. The molecule has 1 saturated carbocycles. The van der Waals surface area contributed by atoms with Gasteiger partial charge in [-0.1, -0.05) is 84.1 Å². The van der Waals surface area contributed by atoms with Crippen LogP contribution in [0.3, 0.4) is 0 Å². The molecule has 2 aliphatic heterocycles. The molecule has 0 unspecified atom stereocenters. The Hall–Kier alpha value is -3.98. The molecule has 1 aromatic heterocycles. The Labute approximate surface area is 428 Å². The van der Waals surface area contributed by atoms with Gasteiger partial charge >= 0.3 is 5.97 Å². The highest BCUT2D eigenvalue weighted by molar-refractivity contribution is 7.88. The lowest BCUT2D eigenvalue weighted by Gasteiger charge is -2.43. The summed E-state index contributed by atoms with van der Waals surface area (Å²) in [6, 6.07) is -1.84. The van der Waals surface area contributed by atoms with Gasteiger partial charge in [0.1, 0.15) is 30.7 Å². The van der Waals surface area contributed by atoms with Gasteiger partial charge in [-0.3, -0.25) is 14.4 Å². The van der Waals surface area contributed by atoms with Crippen molar-refractivity contribution in [1.29, 1.82) is 0 Å². The van der Waals surface area contributed by atoms with Crippen LogP contribution < -0.4 is 4.72 Å². The van der Waals surface area contributed by atoms with E-state index in [1.807, 2.05) is 33.8 Å². The average molecular weight is 1030 g/mol. The van der Waals surface area contributed by atoms with Crippen LogP contribution in [-0.4, -0.2) is 143 Å². The van der Waals surface area contributed by atoms with Crippen molar-refractivity contribution in [2.45, 2.75) is 193 Å². The normalized spacial score (nSPS) is 27.7. The number of piperidine rings is 1. The molecule has 14 atom stereocenters. The third-order valence-electron chi connectivity index (χ3n) is 15.0. The molecule has 2 saturated heterocycles. The molecule has 0 bridgehead atoms. The summed E-state index contributed by atoms with van der Waals surface area (Å²) in [4.78, 5) is 57.8. The van der Waals surface area contributed by atoms with Gasteiger partial charge < -0.3 is 34.1 Å². The molecule has 3 fully saturated rings. The Morgan fingerprint density at radius 2 is 1.71 bits per heavy atom. The number of allylic oxidation sites excluding steroid dienone is 5. The summed E-state index contributed by atoms with van der Waals surface area (Å²) in [6.45, 7) is 18.9. The first-order valence-electron chi connectivity index (χ1n) is 26.0. The van der Waals surface area contributed by atoms with E-state index >= 15 is 0 Å². The maximum absolute atomic E-state index is 14.6. The number of amides is 1. The summed E-state index contributed by atoms with van der Waals surface area (Å²) in [5.74, 6) is -6.31. The Morgan fingerprint density at radius 3 is 2.33 bits per heavy atom. The summed E-state index contributed by atoms with van der Waals surface area (Å²) in [5.41, 5.74) is 1.27. The second kappa shape index (κ2) is 28.1. The van der Waals surface area contributed by atoms with Crippen molar-refractivity contribution < 1.29 is 56.8 Å². The zero-order valence-electron chi connectivity index (χ0n) is 44.8. The van der Waals surface area contributed by atoms with E-state index in [0.29, 0.717) is 68.4 Å². The van der Waals surface area contributed by atoms with E-state index in [1.165, 1.54) is 12.0 Å². The van der Waals surface area contributed by atoms with Gasteiger partial charge in [-0.05, 0) is 137 Å². The number of aliphatic hydroxyl groups is 2. The van der Waals surface area contributed by atoms with Crippen molar-refractivity contribution in [2.75, 3.05) is 27.0 Å². The fourth-order valence-corrected chi connectivity index (χ4v) is 11.7. The van der Waals surface area contributed by atoms with Crippen molar-refractivity contribution in [3.05, 3.63) is 54.4 Å². The third-order valence-corrected chi connectivity index (χ3v) is 15.7. The summed E-state index contributed by atoms with van der Waals surface area (Å²) in [7, 11) is -0.559. The van der Waals surface area contributed by atoms with Gasteiger partial charge in [0.2, 0.25) is 15.8 Å². The van der Waals surface area contributed by atoms with Crippen LogP contribution in [0.4, 0.5) is 0 Å². The van der Waals surface area contributed by atoms with Crippen LogP contribution in [0.15, 0.2) is 54.4 Å². The first-order chi connectivity index (χ1) is 33.9. The fraction of sp³-hybridized carbons (Fsp3) is 0.755. The van der Waals surface area contributed by atoms with Gasteiger partial charge in [0, 0.05) is 38.6 Å². The average Bonchev–Trinajstić information content (AvgIpc) is 3.87. The smallest absolute Gasteiger partial charge is 0.329 e. The minimum atomic E-state index is -3.67. The van der Waals surface area contributed by atoms with E-state index in [0.717, 1.165) is 25.5 Å². The summed E-state index contributed by atoms with van der Waals surface area (Å²) < 4.78 is 53.2. The van der Waals surface area contributed by atoms with Gasteiger partial charge in [-0.15, -0.1) is 5.10 Å². The van der Waals surface area contributed by atoms with Crippen LogP contribution in [0.5, 0.6) is 0 Å². The highest BCUT2D eigenvalue weighted by Crippen LogP contribution is 2.39. The third kappa shape index (κ3) is 17.0. The van der Waals surface area contributed by atoms with Crippen LogP contribution in [0.1, 0.15) is 145 Å². The number of hydrogen-bond donors (Lipinski definition) is 3. The minimum Gasteiger partial charge on any atom is -0.461 e. The summed E-state index contributed by atoms with van der Waals surface area (Å²) in [6.07, 6.45) is 14.6. The number of sulfonamides is 1. The molecule has 0 aromatic carbocycles. The lowest BCUT2D eigenvalue weighted by Crippen LogP contribution is -2.61. The summed E-state index contributed by atoms with van der Waals surface area (Å²) >= 11 is 0. The predicted molar refractivity (Wildman–Crippen MR) is 273 cm³/mol. The molecule has 1 amide bonds. The SMILES string of the molecule is C=C/C=C/C=C(\C)[C@H](C[C@@H]1CC[C@@H](C)[C@](O)(C(=O)C(=O)N2CCCC[C@H]2C(=O)O[C@@H](CC[C@H](C)/C=C(\C)[C@@H](O)[C@@H](OC)C(=O)[C@H](C)CC(C)C)[C@H](C)C[C@@H]2CC[C@H](n3cnnn3)[C@H](OC)C2)O1)NS(C)(=O)=O. The quantitative estimate of drug-likeness (QED) is 0.0374. The molecular formula is C53H86N6O12S. The number of hydrogen-bond acceptors (Lipinski definition) is 15. The number of carbonyl (C=O) groups is 4. The molecule has 1 aliphatic carbocycles. The summed E-state index contributed by atoms with van der Waals surface area (Å²) in [5, 5.41) is 35.1. The van der Waals surface area contributed by atoms with Gasteiger partial charge in [-0.2, -0.15) is 0 Å². The topological polar surface area (TPSA) is 239 Å². The van der Waals surface area contributed by atoms with Gasteiger partial charge in [-0.25, -0.2) is 22.6 Å². The highest BCUT2D eigenvalue weighted by atomic mass is 32.2. The fourth-order valence-electron chi connectivity index (χ4n) is 10.9. The van der Waals surface area contributed by atoms with Crippen LogP contribution in [-0.2, 0) is 48.1 Å². The number of tetrazole rings is 1. The van der Waals surface area contributed by atoms with Crippen molar-refractivity contribution >= 4 is 33.5 Å². The van der Waals surface area contributed by atoms with Crippen LogP contribution >= 0.6 is 0 Å². The second-order valence-corrected chi connectivity index (χ2v) is 23.2. The molecule has 18 nitrogen and oxygen atoms in total. The van der Waals surface area contributed by atoms with E-state index in [2.05, 4.69) is 33.8 Å². The Bertz CT molecular complexity index is 2150. The molecule has 3 N–H and O–H groups in total.